The molecule has 0 saturated heterocycles. The smallest absolute Gasteiger partial charge is 0.123 e. The van der Waals surface area contributed by atoms with E-state index in [1.54, 1.807) is 6.07 Å². The number of benzene rings is 2. The normalized spacial score (nSPS) is 11.6. The minimum Gasteiger partial charge on any atom is -0.207 e. The topological polar surface area (TPSA) is 0 Å². The largest absolute Gasteiger partial charge is 0.207 e. The van der Waals surface area contributed by atoms with Crippen LogP contribution < -0.4 is 0 Å². The van der Waals surface area contributed by atoms with Gasteiger partial charge >= 0.3 is 0 Å². The summed E-state index contributed by atoms with van der Waals surface area (Å²) < 4.78 is 13.5. The number of hydrogen-bond donors (Lipinski definition) is 0. The van der Waals surface area contributed by atoms with Gasteiger partial charge in [-0.2, -0.15) is 0 Å². The summed E-state index contributed by atoms with van der Waals surface area (Å²) in [6, 6.07) is 15.4. The predicted octanol–water partition coefficient (Wildman–Crippen LogP) is 5.40. The highest BCUT2D eigenvalue weighted by atomic mass is 79.9. The van der Waals surface area contributed by atoms with Crippen molar-refractivity contribution in [2.24, 2.45) is 0 Å². The van der Waals surface area contributed by atoms with E-state index in [0.717, 1.165) is 28.2 Å². The minimum atomic E-state index is -0.170. The fraction of sp³-hybridized carbons (Fsp3) is 0.294. The van der Waals surface area contributed by atoms with Crippen molar-refractivity contribution in [2.75, 3.05) is 10.7 Å². The van der Waals surface area contributed by atoms with Crippen LogP contribution in [0, 0.1) is 12.7 Å². The number of halogens is 3. The lowest BCUT2D eigenvalue weighted by Gasteiger charge is -2.31. The molecule has 0 aliphatic carbocycles. The zero-order chi connectivity index (χ0) is 14.6. The third-order valence-corrected chi connectivity index (χ3v) is 5.88. The summed E-state index contributed by atoms with van der Waals surface area (Å²) in [5, 5.41) is 1.65. The minimum absolute atomic E-state index is 0.0696. The zero-order valence-corrected chi connectivity index (χ0v) is 14.5. The number of rotatable bonds is 5. The molecule has 3 heteroatoms. The van der Waals surface area contributed by atoms with Gasteiger partial charge in [-0.3, -0.25) is 0 Å². The number of alkyl halides is 2. The summed E-state index contributed by atoms with van der Waals surface area (Å²) in [6.45, 7) is 2.03. The first-order chi connectivity index (χ1) is 9.61. The van der Waals surface area contributed by atoms with E-state index in [1.807, 2.05) is 31.2 Å². The van der Waals surface area contributed by atoms with Gasteiger partial charge in [-0.25, -0.2) is 4.39 Å². The molecule has 0 aliphatic heterocycles. The number of hydrogen-bond acceptors (Lipinski definition) is 0. The van der Waals surface area contributed by atoms with Gasteiger partial charge in [0.25, 0.3) is 0 Å². The molecule has 0 amide bonds. The van der Waals surface area contributed by atoms with Crippen molar-refractivity contribution in [1.29, 1.82) is 0 Å². The summed E-state index contributed by atoms with van der Waals surface area (Å²) in [5.41, 5.74) is 3.39. The van der Waals surface area contributed by atoms with Gasteiger partial charge in [0, 0.05) is 16.1 Å². The summed E-state index contributed by atoms with van der Waals surface area (Å²) in [4.78, 5) is 0. The van der Waals surface area contributed by atoms with Crippen molar-refractivity contribution in [2.45, 2.75) is 18.8 Å². The second-order valence-electron chi connectivity index (χ2n) is 5.16. The standard InChI is InChI=1S/C17H17Br2F/c1-13-7-8-16(20)9-14(13)10-17(11-18,12-19)15-5-3-2-4-6-15/h2-9H,10-12H2,1H3. The molecule has 20 heavy (non-hydrogen) atoms. The molecule has 106 valence electrons. The Bertz CT molecular complexity index is 562. The molecule has 0 heterocycles. The Morgan fingerprint density at radius 3 is 2.25 bits per heavy atom. The first-order valence-electron chi connectivity index (χ1n) is 6.54. The van der Waals surface area contributed by atoms with Crippen molar-refractivity contribution in [3.63, 3.8) is 0 Å². The van der Waals surface area contributed by atoms with E-state index in [2.05, 4.69) is 44.0 Å². The first-order valence-corrected chi connectivity index (χ1v) is 8.78. The second kappa shape index (κ2) is 6.86. The molecule has 0 fully saturated rings. The van der Waals surface area contributed by atoms with Gasteiger partial charge in [0.1, 0.15) is 5.82 Å². The van der Waals surface area contributed by atoms with Crippen molar-refractivity contribution in [3.05, 3.63) is 71.0 Å². The maximum absolute atomic E-state index is 13.5. The van der Waals surface area contributed by atoms with Gasteiger partial charge in [-0.15, -0.1) is 0 Å². The van der Waals surface area contributed by atoms with Crippen LogP contribution in [0.1, 0.15) is 16.7 Å². The average Bonchev–Trinajstić information content (AvgIpc) is 2.49. The maximum atomic E-state index is 13.5. The van der Waals surface area contributed by atoms with Crippen LogP contribution in [0.15, 0.2) is 48.5 Å². The molecule has 0 nitrogen and oxygen atoms in total. The third kappa shape index (κ3) is 3.32. The lowest BCUT2D eigenvalue weighted by molar-refractivity contribution is 0.545. The molecule has 2 rings (SSSR count). The summed E-state index contributed by atoms with van der Waals surface area (Å²) in [7, 11) is 0. The molecule has 0 N–H and O–H groups in total. The fourth-order valence-corrected chi connectivity index (χ4v) is 4.35. The molecule has 0 unspecified atom stereocenters. The molecule has 0 aromatic heterocycles. The van der Waals surface area contributed by atoms with Crippen LogP contribution in [0.4, 0.5) is 4.39 Å². The lowest BCUT2D eigenvalue weighted by atomic mass is 9.78. The van der Waals surface area contributed by atoms with E-state index in [-0.39, 0.29) is 11.2 Å². The number of aryl methyl sites for hydroxylation is 1. The van der Waals surface area contributed by atoms with Gasteiger partial charge in [-0.05, 0) is 42.2 Å². The Morgan fingerprint density at radius 2 is 1.65 bits per heavy atom. The highest BCUT2D eigenvalue weighted by Gasteiger charge is 2.30. The Morgan fingerprint density at radius 1 is 1.00 bits per heavy atom. The van der Waals surface area contributed by atoms with Crippen LogP contribution in [-0.2, 0) is 11.8 Å². The average molecular weight is 400 g/mol. The monoisotopic (exact) mass is 398 g/mol. The summed E-state index contributed by atoms with van der Waals surface area (Å²) in [6.07, 6.45) is 0.803. The molecular weight excluding hydrogens is 383 g/mol. The zero-order valence-electron chi connectivity index (χ0n) is 11.4. The van der Waals surface area contributed by atoms with Crippen LogP contribution in [0.25, 0.3) is 0 Å². The van der Waals surface area contributed by atoms with Crippen molar-refractivity contribution in [1.82, 2.24) is 0 Å². The highest BCUT2D eigenvalue weighted by Crippen LogP contribution is 2.33. The molecule has 0 spiro atoms. The fourth-order valence-electron chi connectivity index (χ4n) is 2.37. The Hall–Kier alpha value is -0.670. The van der Waals surface area contributed by atoms with Gasteiger partial charge < -0.3 is 0 Å². The van der Waals surface area contributed by atoms with E-state index in [4.69, 9.17) is 0 Å². The summed E-state index contributed by atoms with van der Waals surface area (Å²) in [5.74, 6) is -0.170. The van der Waals surface area contributed by atoms with Crippen LogP contribution in [0.5, 0.6) is 0 Å². The highest BCUT2D eigenvalue weighted by molar-refractivity contribution is 9.09. The molecule has 0 bridgehead atoms. The van der Waals surface area contributed by atoms with E-state index in [1.165, 1.54) is 11.6 Å². The Kier molecular flexibility index (Phi) is 5.39. The summed E-state index contributed by atoms with van der Waals surface area (Å²) >= 11 is 7.29. The van der Waals surface area contributed by atoms with E-state index in [9.17, 15) is 4.39 Å². The van der Waals surface area contributed by atoms with Crippen LogP contribution in [0.3, 0.4) is 0 Å². The quantitative estimate of drug-likeness (QED) is 0.590. The molecule has 0 radical (unpaired) electrons. The van der Waals surface area contributed by atoms with Crippen LogP contribution in [-0.4, -0.2) is 10.7 Å². The van der Waals surface area contributed by atoms with Crippen molar-refractivity contribution >= 4 is 31.9 Å². The van der Waals surface area contributed by atoms with Crippen molar-refractivity contribution < 1.29 is 4.39 Å². The SMILES string of the molecule is Cc1ccc(F)cc1CC(CBr)(CBr)c1ccccc1. The van der Waals surface area contributed by atoms with E-state index < -0.39 is 0 Å². The second-order valence-corrected chi connectivity index (χ2v) is 6.28. The van der Waals surface area contributed by atoms with Crippen molar-refractivity contribution in [3.8, 4) is 0 Å². The van der Waals surface area contributed by atoms with Gasteiger partial charge in [0.05, 0.1) is 0 Å². The molecule has 0 aliphatic rings. The maximum Gasteiger partial charge on any atom is 0.123 e. The first kappa shape index (κ1) is 15.7. The Balaban J connectivity index is 2.42. The molecule has 0 atom stereocenters. The van der Waals surface area contributed by atoms with Gasteiger partial charge in [0.2, 0.25) is 0 Å². The predicted molar refractivity (Wildman–Crippen MR) is 90.5 cm³/mol. The van der Waals surface area contributed by atoms with Gasteiger partial charge in [-0.1, -0.05) is 68.3 Å². The Labute approximate surface area is 136 Å². The van der Waals surface area contributed by atoms with Crippen LogP contribution in [0.2, 0.25) is 0 Å². The molecule has 2 aromatic carbocycles. The lowest BCUT2D eigenvalue weighted by Crippen LogP contribution is -2.33. The molecule has 2 aromatic rings. The van der Waals surface area contributed by atoms with E-state index >= 15 is 0 Å². The van der Waals surface area contributed by atoms with Crippen LogP contribution >= 0.6 is 31.9 Å². The third-order valence-electron chi connectivity index (χ3n) is 3.74. The van der Waals surface area contributed by atoms with Gasteiger partial charge in [0.15, 0.2) is 0 Å². The molecular formula is C17H17Br2F. The molecule has 0 saturated carbocycles. The van der Waals surface area contributed by atoms with E-state index in [0.29, 0.717) is 0 Å².